The SMILES string of the molecule is CCCCCCCCCCC1(OCC(=O)NS(=O)(=O)C(F)(F)F)COc2ccccc2OCCOCCOc2ccccc2OC1. The van der Waals surface area contributed by atoms with Gasteiger partial charge in [-0.15, -0.1) is 0 Å². The predicted octanol–water partition coefficient (Wildman–Crippen LogP) is 6.18. The van der Waals surface area contributed by atoms with Gasteiger partial charge in [0.15, 0.2) is 23.0 Å². The molecule has 0 saturated carbocycles. The number of carbonyl (C=O) groups excluding carboxylic acids is 1. The fourth-order valence-corrected chi connectivity index (χ4v) is 5.17. The third-order valence-corrected chi connectivity index (χ3v) is 8.30. The van der Waals surface area contributed by atoms with Gasteiger partial charge < -0.3 is 28.4 Å². The van der Waals surface area contributed by atoms with E-state index in [9.17, 15) is 26.4 Å². The Bertz CT molecular complexity index is 1250. The summed E-state index contributed by atoms with van der Waals surface area (Å²) < 4.78 is 98.6. The summed E-state index contributed by atoms with van der Waals surface area (Å²) in [7, 11) is -5.92. The summed E-state index contributed by atoms with van der Waals surface area (Å²) in [6, 6.07) is 13.8. The number of unbranched alkanes of at least 4 members (excludes halogenated alkanes) is 7. The summed E-state index contributed by atoms with van der Waals surface area (Å²) in [5.74, 6) is 0.108. The third-order valence-electron chi connectivity index (χ3n) is 7.20. The van der Waals surface area contributed by atoms with E-state index in [2.05, 4.69) is 6.92 Å². The van der Waals surface area contributed by atoms with Gasteiger partial charge in [0.2, 0.25) is 0 Å². The number of amides is 1. The van der Waals surface area contributed by atoms with Crippen LogP contribution >= 0.6 is 0 Å². The van der Waals surface area contributed by atoms with E-state index < -0.39 is 33.6 Å². The molecule has 258 valence electrons. The second-order valence-corrected chi connectivity index (χ2v) is 12.6. The summed E-state index contributed by atoms with van der Waals surface area (Å²) in [4.78, 5) is 12.5. The maximum atomic E-state index is 12.9. The first-order valence-corrected chi connectivity index (χ1v) is 17.1. The Hall–Kier alpha value is -3.23. The number of fused-ring (bicyclic) bond motifs is 2. The van der Waals surface area contributed by atoms with Crippen LogP contribution in [0.5, 0.6) is 23.0 Å². The molecule has 0 fully saturated rings. The molecule has 0 saturated heterocycles. The van der Waals surface area contributed by atoms with E-state index in [1.165, 1.54) is 6.42 Å². The van der Waals surface area contributed by atoms with Crippen LogP contribution < -0.4 is 23.7 Å². The molecule has 46 heavy (non-hydrogen) atoms. The highest BCUT2D eigenvalue weighted by atomic mass is 32.2. The quantitative estimate of drug-likeness (QED) is 0.248. The van der Waals surface area contributed by atoms with Gasteiger partial charge >= 0.3 is 15.5 Å². The maximum Gasteiger partial charge on any atom is 0.516 e. The molecular formula is C32H44F3NO9S. The molecule has 2 aromatic carbocycles. The van der Waals surface area contributed by atoms with Crippen molar-refractivity contribution in [2.75, 3.05) is 46.2 Å². The number of rotatable bonds is 13. The minimum Gasteiger partial charge on any atom is -0.487 e. The Morgan fingerprint density at radius 3 is 1.70 bits per heavy atom. The van der Waals surface area contributed by atoms with E-state index in [4.69, 9.17) is 28.4 Å². The van der Waals surface area contributed by atoms with Crippen molar-refractivity contribution in [3.8, 4) is 23.0 Å². The van der Waals surface area contributed by atoms with E-state index in [-0.39, 0.29) is 39.6 Å². The van der Waals surface area contributed by atoms with E-state index in [1.807, 2.05) is 0 Å². The fourth-order valence-electron chi connectivity index (χ4n) is 4.70. The lowest BCUT2D eigenvalue weighted by molar-refractivity contribution is -0.140. The molecule has 3 rings (SSSR count). The summed E-state index contributed by atoms with van der Waals surface area (Å²) in [6.45, 7) is 1.81. The van der Waals surface area contributed by atoms with Crippen LogP contribution in [0.15, 0.2) is 48.5 Å². The number of para-hydroxylation sites is 4. The fraction of sp³-hybridized carbons (Fsp3) is 0.594. The smallest absolute Gasteiger partial charge is 0.487 e. The first kappa shape index (κ1) is 37.2. The third kappa shape index (κ3) is 12.5. The zero-order valence-electron chi connectivity index (χ0n) is 26.1. The lowest BCUT2D eigenvalue weighted by Gasteiger charge is -2.34. The second-order valence-electron chi connectivity index (χ2n) is 11.0. The van der Waals surface area contributed by atoms with Crippen molar-refractivity contribution >= 4 is 15.9 Å². The maximum absolute atomic E-state index is 12.9. The lowest BCUT2D eigenvalue weighted by Crippen LogP contribution is -2.48. The largest absolute Gasteiger partial charge is 0.516 e. The molecule has 1 amide bonds. The van der Waals surface area contributed by atoms with Gasteiger partial charge in [0, 0.05) is 0 Å². The highest BCUT2D eigenvalue weighted by Gasteiger charge is 2.47. The van der Waals surface area contributed by atoms with E-state index in [0.717, 1.165) is 43.2 Å². The first-order valence-electron chi connectivity index (χ1n) is 15.6. The predicted molar refractivity (Wildman–Crippen MR) is 165 cm³/mol. The van der Waals surface area contributed by atoms with Gasteiger partial charge in [-0.2, -0.15) is 21.6 Å². The molecule has 1 aliphatic rings. The molecule has 10 nitrogen and oxygen atoms in total. The Morgan fingerprint density at radius 2 is 1.22 bits per heavy atom. The lowest BCUT2D eigenvalue weighted by atomic mass is 9.96. The summed E-state index contributed by atoms with van der Waals surface area (Å²) in [5.41, 5.74) is -7.05. The Labute approximate surface area is 268 Å². The van der Waals surface area contributed by atoms with Gasteiger partial charge in [-0.3, -0.25) is 4.79 Å². The van der Waals surface area contributed by atoms with Gasteiger partial charge in [0.05, 0.1) is 13.2 Å². The molecule has 0 atom stereocenters. The van der Waals surface area contributed by atoms with Crippen molar-refractivity contribution in [2.45, 2.75) is 75.8 Å². The van der Waals surface area contributed by atoms with Crippen LogP contribution in [-0.4, -0.2) is 71.7 Å². The minimum atomic E-state index is -5.92. The molecule has 0 aromatic heterocycles. The second kappa shape index (κ2) is 18.8. The van der Waals surface area contributed by atoms with Crippen molar-refractivity contribution in [1.82, 2.24) is 4.72 Å². The van der Waals surface area contributed by atoms with Gasteiger partial charge in [-0.1, -0.05) is 82.6 Å². The molecule has 2 aromatic rings. The molecule has 0 unspecified atom stereocenters. The van der Waals surface area contributed by atoms with Crippen LogP contribution in [0.3, 0.4) is 0 Å². The molecule has 0 radical (unpaired) electrons. The van der Waals surface area contributed by atoms with Crippen LogP contribution in [0, 0.1) is 0 Å². The molecule has 1 heterocycles. The van der Waals surface area contributed by atoms with Crippen LogP contribution in [-0.2, 0) is 24.3 Å². The van der Waals surface area contributed by atoms with Crippen LogP contribution in [0.1, 0.15) is 64.7 Å². The monoisotopic (exact) mass is 675 g/mol. The molecule has 14 heteroatoms. The number of carbonyl (C=O) groups is 1. The van der Waals surface area contributed by atoms with Gasteiger partial charge in [0.1, 0.15) is 38.6 Å². The van der Waals surface area contributed by atoms with Crippen molar-refractivity contribution in [2.24, 2.45) is 0 Å². The summed E-state index contributed by atoms with van der Waals surface area (Å²) in [6.07, 6.45) is 8.36. The highest BCUT2D eigenvalue weighted by Crippen LogP contribution is 2.32. The van der Waals surface area contributed by atoms with Crippen molar-refractivity contribution in [3.63, 3.8) is 0 Å². The Kier molecular flexibility index (Phi) is 15.2. The van der Waals surface area contributed by atoms with Gasteiger partial charge in [0.25, 0.3) is 5.91 Å². The van der Waals surface area contributed by atoms with Crippen LogP contribution in [0.4, 0.5) is 13.2 Å². The number of hydrogen-bond acceptors (Lipinski definition) is 9. The molecular weight excluding hydrogens is 631 g/mol. The Balaban J connectivity index is 1.87. The number of benzene rings is 2. The minimum absolute atomic E-state index is 0.192. The molecule has 1 aliphatic heterocycles. The normalized spacial score (nSPS) is 16.0. The molecule has 0 spiro atoms. The highest BCUT2D eigenvalue weighted by molar-refractivity contribution is 7.90. The Morgan fingerprint density at radius 1 is 0.761 bits per heavy atom. The van der Waals surface area contributed by atoms with Crippen molar-refractivity contribution < 1.29 is 54.8 Å². The molecule has 0 bridgehead atoms. The van der Waals surface area contributed by atoms with E-state index in [0.29, 0.717) is 35.8 Å². The average Bonchev–Trinajstić information content (AvgIpc) is 3.02. The van der Waals surface area contributed by atoms with E-state index in [1.54, 1.807) is 48.5 Å². The number of sulfonamides is 1. The van der Waals surface area contributed by atoms with Crippen molar-refractivity contribution in [3.05, 3.63) is 48.5 Å². The first-order chi connectivity index (χ1) is 22.1. The summed E-state index contributed by atoms with van der Waals surface area (Å²) in [5, 5.41) is 0. The molecule has 1 N–H and O–H groups in total. The number of halogens is 3. The zero-order chi connectivity index (χ0) is 33.3. The van der Waals surface area contributed by atoms with Gasteiger partial charge in [-0.05, 0) is 30.7 Å². The average molecular weight is 676 g/mol. The number of alkyl halides is 3. The van der Waals surface area contributed by atoms with Crippen LogP contribution in [0.2, 0.25) is 0 Å². The molecule has 0 aliphatic carbocycles. The standard InChI is InChI=1S/C32H44F3NO9S/c1-2-3-4-5-6-7-8-13-18-31(45-23-30(37)36-46(38,39)32(33,34)35)24-43-28-16-11-9-14-26(28)41-21-19-40-20-22-42-27-15-10-12-17-29(27)44-25-31/h9-12,14-17H,2-8,13,18-25H2,1H3,(H,36,37). The topological polar surface area (TPSA) is 119 Å². The zero-order valence-corrected chi connectivity index (χ0v) is 27.0. The van der Waals surface area contributed by atoms with E-state index >= 15 is 0 Å². The van der Waals surface area contributed by atoms with Crippen LogP contribution in [0.25, 0.3) is 0 Å². The number of ether oxygens (including phenoxy) is 6. The van der Waals surface area contributed by atoms with Crippen molar-refractivity contribution in [1.29, 1.82) is 0 Å². The number of hydrogen-bond donors (Lipinski definition) is 1. The number of nitrogens with one attached hydrogen (secondary N) is 1. The van der Waals surface area contributed by atoms with Gasteiger partial charge in [-0.25, -0.2) is 4.72 Å². The summed E-state index contributed by atoms with van der Waals surface area (Å²) >= 11 is 0.